The van der Waals surface area contributed by atoms with Crippen molar-refractivity contribution in [3.05, 3.63) is 0 Å². The number of nitrogens with zero attached hydrogens (tertiary/aromatic N) is 2. The zero-order valence-electron chi connectivity index (χ0n) is 12.7. The van der Waals surface area contributed by atoms with Crippen LogP contribution in [0.4, 0.5) is 0 Å². The average molecular weight is 297 g/mol. The number of thiocarbonyl (C=S) groups is 1. The molecule has 0 aromatic carbocycles. The summed E-state index contributed by atoms with van der Waals surface area (Å²) in [5, 5.41) is 0. The first-order valence-corrected chi connectivity index (χ1v) is 8.14. The Bertz CT molecular complexity index is 377. The van der Waals surface area contributed by atoms with Crippen molar-refractivity contribution >= 4 is 23.1 Å². The standard InChI is InChI=1S/C15H27N3OS/c1-17(2)12-7-6-10-18(11-12)14(19)15(13(16)20)8-4-3-5-9-15/h12H,3-11H2,1-2H3,(H2,16,20). The van der Waals surface area contributed by atoms with E-state index in [9.17, 15) is 4.79 Å². The van der Waals surface area contributed by atoms with Crippen molar-refractivity contribution in [3.63, 3.8) is 0 Å². The molecule has 1 heterocycles. The molecule has 1 atom stereocenters. The number of hydrogen-bond donors (Lipinski definition) is 1. The molecule has 0 radical (unpaired) electrons. The molecule has 1 saturated carbocycles. The fraction of sp³-hybridized carbons (Fsp3) is 0.867. The third kappa shape index (κ3) is 2.98. The Morgan fingerprint density at radius 2 is 1.90 bits per heavy atom. The van der Waals surface area contributed by atoms with Crippen LogP contribution in [0, 0.1) is 5.41 Å². The van der Waals surface area contributed by atoms with Crippen LogP contribution in [0.1, 0.15) is 44.9 Å². The van der Waals surface area contributed by atoms with Gasteiger partial charge in [-0.1, -0.05) is 31.5 Å². The van der Waals surface area contributed by atoms with Crippen molar-refractivity contribution in [2.45, 2.75) is 51.0 Å². The minimum Gasteiger partial charge on any atom is -0.392 e. The molecule has 2 fully saturated rings. The molecule has 2 rings (SSSR count). The van der Waals surface area contributed by atoms with Crippen LogP contribution in [0.2, 0.25) is 0 Å². The first-order valence-electron chi connectivity index (χ1n) is 7.73. The summed E-state index contributed by atoms with van der Waals surface area (Å²) < 4.78 is 0. The van der Waals surface area contributed by atoms with E-state index in [4.69, 9.17) is 18.0 Å². The summed E-state index contributed by atoms with van der Waals surface area (Å²) in [4.78, 5) is 17.7. The maximum absolute atomic E-state index is 13.0. The highest BCUT2D eigenvalue weighted by atomic mass is 32.1. The van der Waals surface area contributed by atoms with Gasteiger partial charge in [0, 0.05) is 19.1 Å². The monoisotopic (exact) mass is 297 g/mol. The molecule has 1 saturated heterocycles. The summed E-state index contributed by atoms with van der Waals surface area (Å²) in [5.41, 5.74) is 5.42. The molecule has 2 N–H and O–H groups in total. The summed E-state index contributed by atoms with van der Waals surface area (Å²) in [5.74, 6) is 0.191. The van der Waals surface area contributed by atoms with Gasteiger partial charge in [-0.05, 0) is 39.8 Å². The second-order valence-electron chi connectivity index (χ2n) is 6.52. The zero-order valence-corrected chi connectivity index (χ0v) is 13.5. The lowest BCUT2D eigenvalue weighted by Gasteiger charge is -2.43. The molecule has 0 bridgehead atoms. The van der Waals surface area contributed by atoms with Gasteiger partial charge in [0.2, 0.25) is 5.91 Å². The zero-order chi connectivity index (χ0) is 14.8. The van der Waals surface area contributed by atoms with Crippen LogP contribution in [0.5, 0.6) is 0 Å². The minimum atomic E-state index is -0.554. The van der Waals surface area contributed by atoms with Crippen molar-refractivity contribution in [1.29, 1.82) is 0 Å². The highest BCUT2D eigenvalue weighted by Gasteiger charge is 2.45. The lowest BCUT2D eigenvalue weighted by molar-refractivity contribution is -0.141. The van der Waals surface area contributed by atoms with Crippen LogP contribution in [-0.2, 0) is 4.79 Å². The fourth-order valence-electron chi connectivity index (χ4n) is 3.58. The summed E-state index contributed by atoms with van der Waals surface area (Å²) in [6, 6.07) is 0.458. The highest BCUT2D eigenvalue weighted by Crippen LogP contribution is 2.39. The molecule has 5 heteroatoms. The van der Waals surface area contributed by atoms with E-state index < -0.39 is 5.41 Å². The summed E-state index contributed by atoms with van der Waals surface area (Å²) in [6.07, 6.45) is 7.23. The average Bonchev–Trinajstić information content (AvgIpc) is 2.47. The van der Waals surface area contributed by atoms with E-state index in [0.29, 0.717) is 11.0 Å². The van der Waals surface area contributed by atoms with Gasteiger partial charge in [-0.2, -0.15) is 0 Å². The Morgan fingerprint density at radius 1 is 1.25 bits per heavy atom. The fourth-order valence-corrected chi connectivity index (χ4v) is 3.88. The molecule has 0 spiro atoms. The topological polar surface area (TPSA) is 49.6 Å². The van der Waals surface area contributed by atoms with E-state index in [0.717, 1.165) is 51.6 Å². The van der Waals surface area contributed by atoms with Crippen LogP contribution in [0.25, 0.3) is 0 Å². The summed E-state index contributed by atoms with van der Waals surface area (Å²) in [7, 11) is 4.17. The molecule has 114 valence electrons. The van der Waals surface area contributed by atoms with Gasteiger partial charge in [0.15, 0.2) is 0 Å². The van der Waals surface area contributed by atoms with Gasteiger partial charge in [-0.3, -0.25) is 4.79 Å². The maximum Gasteiger partial charge on any atom is 0.235 e. The Balaban J connectivity index is 2.13. The van der Waals surface area contributed by atoms with Crippen molar-refractivity contribution in [3.8, 4) is 0 Å². The number of hydrogen-bond acceptors (Lipinski definition) is 3. The first kappa shape index (κ1) is 15.7. The number of nitrogens with two attached hydrogens (primary N) is 1. The Kier molecular flexibility index (Phi) is 5.02. The number of rotatable bonds is 3. The highest BCUT2D eigenvalue weighted by molar-refractivity contribution is 7.80. The van der Waals surface area contributed by atoms with Crippen LogP contribution in [-0.4, -0.2) is 53.9 Å². The van der Waals surface area contributed by atoms with Crippen molar-refractivity contribution in [2.75, 3.05) is 27.2 Å². The molecular formula is C15H27N3OS. The Morgan fingerprint density at radius 3 is 2.45 bits per heavy atom. The van der Waals surface area contributed by atoms with E-state index in [1.807, 2.05) is 4.90 Å². The molecule has 1 aliphatic heterocycles. The van der Waals surface area contributed by atoms with Crippen molar-refractivity contribution in [1.82, 2.24) is 9.80 Å². The van der Waals surface area contributed by atoms with Gasteiger partial charge in [-0.15, -0.1) is 0 Å². The van der Waals surface area contributed by atoms with Crippen LogP contribution in [0.3, 0.4) is 0 Å². The Labute approximate surface area is 127 Å². The Hall–Kier alpha value is -0.680. The molecule has 1 unspecified atom stereocenters. The molecular weight excluding hydrogens is 270 g/mol. The van der Waals surface area contributed by atoms with E-state index in [-0.39, 0.29) is 5.91 Å². The van der Waals surface area contributed by atoms with Gasteiger partial charge in [0.25, 0.3) is 0 Å². The number of likely N-dealkylation sites (tertiary alicyclic amines) is 1. The van der Waals surface area contributed by atoms with Gasteiger partial charge >= 0.3 is 0 Å². The smallest absolute Gasteiger partial charge is 0.235 e. The van der Waals surface area contributed by atoms with Crippen LogP contribution >= 0.6 is 12.2 Å². The van der Waals surface area contributed by atoms with Crippen LogP contribution < -0.4 is 5.73 Å². The van der Waals surface area contributed by atoms with Gasteiger partial charge < -0.3 is 15.5 Å². The minimum absolute atomic E-state index is 0.191. The third-order valence-corrected chi connectivity index (χ3v) is 5.39. The van der Waals surface area contributed by atoms with Gasteiger partial charge in [0.05, 0.1) is 10.4 Å². The number of amides is 1. The maximum atomic E-state index is 13.0. The SMILES string of the molecule is CN(C)C1CCCN(C(=O)C2(C(N)=S)CCCCC2)C1. The third-order valence-electron chi connectivity index (χ3n) is 5.00. The van der Waals surface area contributed by atoms with E-state index in [1.165, 1.54) is 6.42 Å². The normalized spacial score (nSPS) is 26.6. The molecule has 20 heavy (non-hydrogen) atoms. The molecule has 4 nitrogen and oxygen atoms in total. The van der Waals surface area contributed by atoms with E-state index in [1.54, 1.807) is 0 Å². The lowest BCUT2D eigenvalue weighted by atomic mass is 9.72. The number of likely N-dealkylation sites (N-methyl/N-ethyl adjacent to an activating group) is 1. The quantitative estimate of drug-likeness (QED) is 0.807. The second kappa shape index (κ2) is 6.39. The predicted octanol–water partition coefficient (Wildman–Crippen LogP) is 1.78. The van der Waals surface area contributed by atoms with Crippen molar-refractivity contribution in [2.24, 2.45) is 11.1 Å². The molecule has 1 aliphatic carbocycles. The van der Waals surface area contributed by atoms with Gasteiger partial charge in [0.1, 0.15) is 0 Å². The predicted molar refractivity (Wildman–Crippen MR) is 85.6 cm³/mol. The molecule has 0 aromatic rings. The van der Waals surface area contributed by atoms with Gasteiger partial charge in [-0.25, -0.2) is 0 Å². The number of piperidine rings is 1. The number of carbonyl (C=O) groups excluding carboxylic acids is 1. The van der Waals surface area contributed by atoms with Crippen LogP contribution in [0.15, 0.2) is 0 Å². The summed E-state index contributed by atoms with van der Waals surface area (Å²) >= 11 is 5.27. The molecule has 1 amide bonds. The van der Waals surface area contributed by atoms with E-state index in [2.05, 4.69) is 19.0 Å². The lowest BCUT2D eigenvalue weighted by Crippen LogP contribution is -2.56. The number of carbonyl (C=O) groups is 1. The first-order chi connectivity index (χ1) is 9.47. The molecule has 0 aromatic heterocycles. The molecule has 2 aliphatic rings. The van der Waals surface area contributed by atoms with Crippen molar-refractivity contribution < 1.29 is 4.79 Å². The second-order valence-corrected chi connectivity index (χ2v) is 6.96. The summed E-state index contributed by atoms with van der Waals surface area (Å²) in [6.45, 7) is 1.67. The largest absolute Gasteiger partial charge is 0.392 e. The van der Waals surface area contributed by atoms with E-state index >= 15 is 0 Å².